The van der Waals surface area contributed by atoms with Crippen LogP contribution in [0.4, 0.5) is 0 Å². The van der Waals surface area contributed by atoms with E-state index in [-0.39, 0.29) is 0 Å². The van der Waals surface area contributed by atoms with Gasteiger partial charge in [0.15, 0.2) is 0 Å². The van der Waals surface area contributed by atoms with Crippen LogP contribution in [0.2, 0.25) is 0 Å². The highest BCUT2D eigenvalue weighted by molar-refractivity contribution is 7.17. The second kappa shape index (κ2) is 3.57. The Labute approximate surface area is 99.7 Å². The summed E-state index contributed by atoms with van der Waals surface area (Å²) in [6, 6.07) is 8.41. The second-order valence-electron chi connectivity index (χ2n) is 5.02. The van der Waals surface area contributed by atoms with Crippen molar-refractivity contribution in [2.75, 3.05) is 0 Å². The molecule has 1 aromatic heterocycles. The molecule has 0 aliphatic heterocycles. The molecular formula is C14H16OS. The highest BCUT2D eigenvalue weighted by atomic mass is 32.1. The van der Waals surface area contributed by atoms with E-state index in [4.69, 9.17) is 0 Å². The van der Waals surface area contributed by atoms with E-state index < -0.39 is 5.60 Å². The molecule has 0 radical (unpaired) electrons. The Morgan fingerprint density at radius 3 is 3.00 bits per heavy atom. The molecule has 0 saturated heterocycles. The van der Waals surface area contributed by atoms with Crippen molar-refractivity contribution in [3.8, 4) is 0 Å². The van der Waals surface area contributed by atoms with Crippen molar-refractivity contribution in [3.05, 3.63) is 35.2 Å². The SMILES string of the molecule is CC1CCC(O)(c2cccc3ccsc23)C1. The summed E-state index contributed by atoms with van der Waals surface area (Å²) in [4.78, 5) is 0. The van der Waals surface area contributed by atoms with Crippen molar-refractivity contribution in [3.63, 3.8) is 0 Å². The standard InChI is InChI=1S/C14H16OS/c1-10-5-7-14(15,9-10)12-4-2-3-11-6-8-16-13(11)12/h2-4,6,8,10,15H,5,7,9H2,1H3. The quantitative estimate of drug-likeness (QED) is 0.790. The summed E-state index contributed by atoms with van der Waals surface area (Å²) >= 11 is 1.74. The van der Waals surface area contributed by atoms with Crippen molar-refractivity contribution in [2.45, 2.75) is 31.8 Å². The number of aliphatic hydroxyl groups is 1. The van der Waals surface area contributed by atoms with E-state index in [0.717, 1.165) is 24.8 Å². The smallest absolute Gasteiger partial charge is 0.0913 e. The summed E-state index contributed by atoms with van der Waals surface area (Å²) in [7, 11) is 0. The van der Waals surface area contributed by atoms with Crippen molar-refractivity contribution in [2.24, 2.45) is 5.92 Å². The zero-order chi connectivity index (χ0) is 11.2. The first-order valence-corrected chi connectivity index (χ1v) is 6.76. The molecule has 1 aliphatic rings. The Hall–Kier alpha value is -0.860. The summed E-state index contributed by atoms with van der Waals surface area (Å²) in [6.45, 7) is 2.23. The third kappa shape index (κ3) is 1.48. The lowest BCUT2D eigenvalue weighted by atomic mass is 9.90. The van der Waals surface area contributed by atoms with Gasteiger partial charge in [-0.1, -0.05) is 25.1 Å². The molecule has 84 valence electrons. The van der Waals surface area contributed by atoms with E-state index in [2.05, 4.69) is 36.6 Å². The second-order valence-corrected chi connectivity index (χ2v) is 5.94. The third-order valence-electron chi connectivity index (χ3n) is 3.72. The first-order valence-electron chi connectivity index (χ1n) is 5.88. The Morgan fingerprint density at radius 1 is 1.38 bits per heavy atom. The summed E-state index contributed by atoms with van der Waals surface area (Å²) < 4.78 is 1.26. The Balaban J connectivity index is 2.15. The third-order valence-corrected chi connectivity index (χ3v) is 4.68. The predicted molar refractivity (Wildman–Crippen MR) is 68.7 cm³/mol. The minimum Gasteiger partial charge on any atom is -0.385 e. The van der Waals surface area contributed by atoms with Crippen LogP contribution >= 0.6 is 11.3 Å². The highest BCUT2D eigenvalue weighted by Gasteiger charge is 2.37. The molecule has 2 heteroatoms. The summed E-state index contributed by atoms with van der Waals surface area (Å²) in [5.41, 5.74) is 0.563. The molecule has 0 spiro atoms. The highest BCUT2D eigenvalue weighted by Crippen LogP contribution is 2.45. The molecule has 2 atom stereocenters. The molecule has 0 bridgehead atoms. The molecular weight excluding hydrogens is 216 g/mol. The van der Waals surface area contributed by atoms with Crippen molar-refractivity contribution in [1.82, 2.24) is 0 Å². The van der Waals surface area contributed by atoms with Crippen molar-refractivity contribution < 1.29 is 5.11 Å². The molecule has 0 amide bonds. The van der Waals surface area contributed by atoms with Gasteiger partial charge >= 0.3 is 0 Å². The lowest BCUT2D eigenvalue weighted by molar-refractivity contribution is 0.0425. The Morgan fingerprint density at radius 2 is 2.25 bits per heavy atom. The zero-order valence-corrected chi connectivity index (χ0v) is 10.3. The van der Waals surface area contributed by atoms with E-state index in [1.54, 1.807) is 11.3 Å². The molecule has 3 rings (SSSR count). The number of benzene rings is 1. The number of hydrogen-bond acceptors (Lipinski definition) is 2. The van der Waals surface area contributed by atoms with Crippen LogP contribution < -0.4 is 0 Å². The fourth-order valence-electron chi connectivity index (χ4n) is 2.87. The first-order chi connectivity index (χ1) is 7.69. The fourth-order valence-corrected chi connectivity index (χ4v) is 3.88. The fraction of sp³-hybridized carbons (Fsp3) is 0.429. The minimum absolute atomic E-state index is 0.580. The zero-order valence-electron chi connectivity index (χ0n) is 9.44. The van der Waals surface area contributed by atoms with Gasteiger partial charge in [0, 0.05) is 10.3 Å². The van der Waals surface area contributed by atoms with Crippen LogP contribution in [0, 0.1) is 5.92 Å². The molecule has 1 saturated carbocycles. The topological polar surface area (TPSA) is 20.2 Å². The van der Waals surface area contributed by atoms with Gasteiger partial charge in [-0.3, -0.25) is 0 Å². The van der Waals surface area contributed by atoms with E-state index in [0.29, 0.717) is 5.92 Å². The van der Waals surface area contributed by atoms with Crippen LogP contribution in [0.25, 0.3) is 10.1 Å². The van der Waals surface area contributed by atoms with Crippen LogP contribution in [0.15, 0.2) is 29.6 Å². The molecule has 16 heavy (non-hydrogen) atoms. The van der Waals surface area contributed by atoms with Crippen LogP contribution in [0.3, 0.4) is 0 Å². The van der Waals surface area contributed by atoms with Gasteiger partial charge in [0.25, 0.3) is 0 Å². The Kier molecular flexibility index (Phi) is 2.30. The summed E-state index contributed by atoms with van der Waals surface area (Å²) in [5, 5.41) is 14.1. The summed E-state index contributed by atoms with van der Waals surface area (Å²) in [5.74, 6) is 0.639. The first kappa shape index (κ1) is 10.3. The molecule has 2 unspecified atom stereocenters. The largest absolute Gasteiger partial charge is 0.385 e. The monoisotopic (exact) mass is 232 g/mol. The minimum atomic E-state index is -0.580. The molecule has 2 aromatic rings. The number of hydrogen-bond donors (Lipinski definition) is 1. The van der Waals surface area contributed by atoms with Crippen LogP contribution in [0.1, 0.15) is 31.7 Å². The van der Waals surface area contributed by atoms with Crippen LogP contribution in [0.5, 0.6) is 0 Å². The van der Waals surface area contributed by atoms with E-state index in [9.17, 15) is 5.11 Å². The normalized spacial score (nSPS) is 30.0. The molecule has 1 nitrogen and oxygen atoms in total. The van der Waals surface area contributed by atoms with Gasteiger partial charge in [-0.15, -0.1) is 11.3 Å². The molecule has 1 N–H and O–H groups in total. The van der Waals surface area contributed by atoms with Gasteiger partial charge in [-0.2, -0.15) is 0 Å². The van der Waals surface area contributed by atoms with Gasteiger partial charge < -0.3 is 5.11 Å². The molecule has 1 heterocycles. The predicted octanol–water partition coefficient (Wildman–Crippen LogP) is 3.91. The van der Waals surface area contributed by atoms with Gasteiger partial charge in [-0.05, 0) is 42.0 Å². The van der Waals surface area contributed by atoms with E-state index in [1.807, 2.05) is 0 Å². The average molecular weight is 232 g/mol. The van der Waals surface area contributed by atoms with Gasteiger partial charge in [0.1, 0.15) is 0 Å². The number of thiophene rings is 1. The maximum Gasteiger partial charge on any atom is 0.0913 e. The van der Waals surface area contributed by atoms with Gasteiger partial charge in [0.05, 0.1) is 5.60 Å². The summed E-state index contributed by atoms with van der Waals surface area (Å²) in [6.07, 6.45) is 2.95. The van der Waals surface area contributed by atoms with E-state index in [1.165, 1.54) is 10.1 Å². The lowest BCUT2D eigenvalue weighted by Gasteiger charge is -2.23. The van der Waals surface area contributed by atoms with Crippen LogP contribution in [-0.2, 0) is 5.60 Å². The maximum atomic E-state index is 10.8. The lowest BCUT2D eigenvalue weighted by Crippen LogP contribution is -2.21. The van der Waals surface area contributed by atoms with E-state index >= 15 is 0 Å². The average Bonchev–Trinajstić information content (AvgIpc) is 2.85. The van der Waals surface area contributed by atoms with Crippen molar-refractivity contribution >= 4 is 21.4 Å². The molecule has 1 aromatic carbocycles. The number of rotatable bonds is 1. The van der Waals surface area contributed by atoms with Crippen molar-refractivity contribution in [1.29, 1.82) is 0 Å². The van der Waals surface area contributed by atoms with Crippen LogP contribution in [-0.4, -0.2) is 5.11 Å². The van der Waals surface area contributed by atoms with Gasteiger partial charge in [0.2, 0.25) is 0 Å². The molecule has 1 aliphatic carbocycles. The number of fused-ring (bicyclic) bond motifs is 1. The maximum absolute atomic E-state index is 10.8. The molecule has 1 fully saturated rings. The Bertz CT molecular complexity index is 516. The van der Waals surface area contributed by atoms with Gasteiger partial charge in [-0.25, -0.2) is 0 Å².